The molecule has 1 aliphatic rings. The van der Waals surface area contributed by atoms with E-state index in [1.165, 1.54) is 19.2 Å². The summed E-state index contributed by atoms with van der Waals surface area (Å²) < 4.78 is 17.5. The van der Waals surface area contributed by atoms with Gasteiger partial charge in [0.1, 0.15) is 5.82 Å². The number of benzene rings is 1. The molecule has 0 saturated carbocycles. The molecular weight excluding hydrogens is 297 g/mol. The molecule has 23 heavy (non-hydrogen) atoms. The second-order valence-electron chi connectivity index (χ2n) is 6.08. The van der Waals surface area contributed by atoms with Crippen molar-refractivity contribution in [1.82, 2.24) is 4.90 Å². The number of halogens is 1. The van der Waals surface area contributed by atoms with Crippen LogP contribution >= 0.6 is 0 Å². The number of rotatable bonds is 6. The van der Waals surface area contributed by atoms with Crippen LogP contribution in [0.1, 0.15) is 37.7 Å². The van der Waals surface area contributed by atoms with E-state index in [4.69, 9.17) is 0 Å². The van der Waals surface area contributed by atoms with Crippen molar-refractivity contribution in [3.05, 3.63) is 35.6 Å². The van der Waals surface area contributed by atoms with Gasteiger partial charge in [-0.3, -0.25) is 9.59 Å². The van der Waals surface area contributed by atoms with Crippen molar-refractivity contribution in [3.63, 3.8) is 0 Å². The van der Waals surface area contributed by atoms with E-state index in [-0.39, 0.29) is 17.7 Å². The van der Waals surface area contributed by atoms with Crippen LogP contribution in [-0.4, -0.2) is 37.0 Å². The van der Waals surface area contributed by atoms with Gasteiger partial charge in [-0.1, -0.05) is 12.1 Å². The molecule has 0 spiro atoms. The first kappa shape index (κ1) is 17.4. The molecule has 1 aromatic carbocycles. The van der Waals surface area contributed by atoms with Crippen molar-refractivity contribution < 1.29 is 18.7 Å². The minimum atomic E-state index is -0.268. The van der Waals surface area contributed by atoms with Crippen LogP contribution in [0.4, 0.5) is 4.39 Å². The molecule has 0 aliphatic carbocycles. The Bertz CT molecular complexity index is 522. The molecule has 1 aliphatic heterocycles. The zero-order chi connectivity index (χ0) is 16.7. The molecule has 0 atom stereocenters. The van der Waals surface area contributed by atoms with E-state index in [9.17, 15) is 14.0 Å². The summed E-state index contributed by atoms with van der Waals surface area (Å²) in [5, 5.41) is 0. The Morgan fingerprint density at radius 3 is 2.43 bits per heavy atom. The first-order valence-electron chi connectivity index (χ1n) is 8.17. The SMILES string of the molecule is COC(=O)CCCC(=O)N1CCC(Cc2ccc(F)cc2)CC1. The number of piperidine rings is 1. The molecule has 5 heteroatoms. The zero-order valence-corrected chi connectivity index (χ0v) is 13.6. The summed E-state index contributed by atoms with van der Waals surface area (Å²) in [6.07, 6.45) is 4.12. The van der Waals surface area contributed by atoms with Crippen molar-refractivity contribution in [2.75, 3.05) is 20.2 Å². The standard InChI is InChI=1S/C18H24FNO3/c1-23-18(22)4-2-3-17(21)20-11-9-15(10-12-20)13-14-5-7-16(19)8-6-14/h5-8,15H,2-4,9-13H2,1H3. The van der Waals surface area contributed by atoms with E-state index in [2.05, 4.69) is 4.74 Å². The molecule has 0 unspecified atom stereocenters. The number of carbonyl (C=O) groups is 2. The van der Waals surface area contributed by atoms with Gasteiger partial charge in [0.25, 0.3) is 0 Å². The predicted octanol–water partition coefficient (Wildman–Crippen LogP) is 2.95. The lowest BCUT2D eigenvalue weighted by Crippen LogP contribution is -2.38. The first-order chi connectivity index (χ1) is 11.1. The minimum absolute atomic E-state index is 0.120. The van der Waals surface area contributed by atoms with E-state index in [0.717, 1.165) is 37.9 Å². The first-order valence-corrected chi connectivity index (χ1v) is 8.17. The highest BCUT2D eigenvalue weighted by Gasteiger charge is 2.22. The van der Waals surface area contributed by atoms with Crippen LogP contribution in [-0.2, 0) is 20.7 Å². The Balaban J connectivity index is 1.69. The summed E-state index contributed by atoms with van der Waals surface area (Å²) in [6, 6.07) is 6.66. The van der Waals surface area contributed by atoms with Gasteiger partial charge in [-0.25, -0.2) is 4.39 Å². The molecule has 1 aromatic rings. The van der Waals surface area contributed by atoms with Gasteiger partial charge in [-0.2, -0.15) is 0 Å². The highest BCUT2D eigenvalue weighted by atomic mass is 19.1. The highest BCUT2D eigenvalue weighted by molar-refractivity contribution is 5.77. The molecule has 0 aromatic heterocycles. The van der Waals surface area contributed by atoms with Gasteiger partial charge in [0.2, 0.25) is 5.91 Å². The average Bonchev–Trinajstić information content (AvgIpc) is 2.57. The summed E-state index contributed by atoms with van der Waals surface area (Å²) in [5.41, 5.74) is 1.15. The fourth-order valence-corrected chi connectivity index (χ4v) is 2.98. The number of ether oxygens (including phenoxy) is 1. The lowest BCUT2D eigenvalue weighted by Gasteiger charge is -2.32. The minimum Gasteiger partial charge on any atom is -0.469 e. The van der Waals surface area contributed by atoms with Crippen LogP contribution in [0.25, 0.3) is 0 Å². The smallest absolute Gasteiger partial charge is 0.305 e. The van der Waals surface area contributed by atoms with E-state index < -0.39 is 0 Å². The molecule has 1 heterocycles. The number of methoxy groups -OCH3 is 1. The molecule has 1 amide bonds. The molecule has 1 fully saturated rings. The van der Waals surface area contributed by atoms with E-state index >= 15 is 0 Å². The summed E-state index contributed by atoms with van der Waals surface area (Å²) >= 11 is 0. The third kappa shape index (κ3) is 5.66. The third-order valence-corrected chi connectivity index (χ3v) is 4.40. The molecule has 1 saturated heterocycles. The third-order valence-electron chi connectivity index (χ3n) is 4.40. The van der Waals surface area contributed by atoms with Gasteiger partial charge in [-0.05, 0) is 49.3 Å². The van der Waals surface area contributed by atoms with Gasteiger partial charge in [0, 0.05) is 25.9 Å². The lowest BCUT2D eigenvalue weighted by molar-refractivity contribution is -0.141. The van der Waals surface area contributed by atoms with Crippen molar-refractivity contribution in [2.24, 2.45) is 5.92 Å². The molecular formula is C18H24FNO3. The number of hydrogen-bond acceptors (Lipinski definition) is 3. The quantitative estimate of drug-likeness (QED) is 0.757. The van der Waals surface area contributed by atoms with Crippen LogP contribution in [0.3, 0.4) is 0 Å². The normalized spacial score (nSPS) is 15.5. The lowest BCUT2D eigenvalue weighted by atomic mass is 9.90. The van der Waals surface area contributed by atoms with Gasteiger partial charge in [0.15, 0.2) is 0 Å². The highest BCUT2D eigenvalue weighted by Crippen LogP contribution is 2.22. The fraction of sp³-hybridized carbons (Fsp3) is 0.556. The Morgan fingerprint density at radius 2 is 1.83 bits per heavy atom. The summed E-state index contributed by atoms with van der Waals surface area (Å²) in [6.45, 7) is 1.53. The second kappa shape index (κ2) is 8.65. The summed E-state index contributed by atoms with van der Waals surface area (Å²) in [5.74, 6) is 0.186. The molecule has 0 N–H and O–H groups in total. The van der Waals surface area contributed by atoms with E-state index in [1.54, 1.807) is 0 Å². The number of nitrogens with zero attached hydrogens (tertiary/aromatic N) is 1. The molecule has 0 bridgehead atoms. The maximum absolute atomic E-state index is 12.9. The maximum Gasteiger partial charge on any atom is 0.305 e. The average molecular weight is 321 g/mol. The number of hydrogen-bond donors (Lipinski definition) is 0. The Hall–Kier alpha value is -1.91. The van der Waals surface area contributed by atoms with Crippen molar-refractivity contribution >= 4 is 11.9 Å². The van der Waals surface area contributed by atoms with Crippen LogP contribution in [0.2, 0.25) is 0 Å². The van der Waals surface area contributed by atoms with Crippen molar-refractivity contribution in [1.29, 1.82) is 0 Å². The van der Waals surface area contributed by atoms with Crippen molar-refractivity contribution in [2.45, 2.75) is 38.5 Å². The van der Waals surface area contributed by atoms with Gasteiger partial charge >= 0.3 is 5.97 Å². The molecule has 4 nitrogen and oxygen atoms in total. The number of carbonyl (C=O) groups excluding carboxylic acids is 2. The van der Waals surface area contributed by atoms with Gasteiger partial charge in [0.05, 0.1) is 7.11 Å². The monoisotopic (exact) mass is 321 g/mol. The van der Waals surface area contributed by atoms with Crippen LogP contribution in [0.5, 0.6) is 0 Å². The van der Waals surface area contributed by atoms with E-state index in [0.29, 0.717) is 25.2 Å². The Labute approximate surface area is 136 Å². The number of likely N-dealkylation sites (tertiary alicyclic amines) is 1. The summed E-state index contributed by atoms with van der Waals surface area (Å²) in [4.78, 5) is 25.0. The molecule has 126 valence electrons. The predicted molar refractivity (Wildman–Crippen MR) is 85.3 cm³/mol. The second-order valence-corrected chi connectivity index (χ2v) is 6.08. The largest absolute Gasteiger partial charge is 0.469 e. The van der Waals surface area contributed by atoms with E-state index in [1.807, 2.05) is 17.0 Å². The van der Waals surface area contributed by atoms with Gasteiger partial charge < -0.3 is 9.64 Å². The molecule has 2 rings (SSSR count). The number of esters is 1. The van der Waals surface area contributed by atoms with Gasteiger partial charge in [-0.15, -0.1) is 0 Å². The van der Waals surface area contributed by atoms with Crippen LogP contribution < -0.4 is 0 Å². The topological polar surface area (TPSA) is 46.6 Å². The Kier molecular flexibility index (Phi) is 6.56. The summed E-state index contributed by atoms with van der Waals surface area (Å²) in [7, 11) is 1.36. The van der Waals surface area contributed by atoms with Crippen LogP contribution in [0, 0.1) is 11.7 Å². The van der Waals surface area contributed by atoms with Crippen molar-refractivity contribution in [3.8, 4) is 0 Å². The maximum atomic E-state index is 12.9. The van der Waals surface area contributed by atoms with Crippen LogP contribution in [0.15, 0.2) is 24.3 Å². The molecule has 0 radical (unpaired) electrons. The zero-order valence-electron chi connectivity index (χ0n) is 13.6. The Morgan fingerprint density at radius 1 is 1.17 bits per heavy atom. The fourth-order valence-electron chi connectivity index (χ4n) is 2.98. The number of amides is 1.